The third-order valence-corrected chi connectivity index (χ3v) is 0.868. The average molecular weight is 160 g/mol. The second-order valence-electron chi connectivity index (χ2n) is 2.33. The molecule has 0 bridgehead atoms. The standard InChI is InChI=1S/C4H6O2.C3H10N2/c1-3(5)4(2)6;1-3(5)2-4/h1-2H3;3H,2,4-5H2,1H3. The molecule has 0 aromatic rings. The van der Waals surface area contributed by atoms with Crippen LogP contribution in [0.4, 0.5) is 0 Å². The molecule has 0 aromatic heterocycles. The predicted molar refractivity (Wildman–Crippen MR) is 44.1 cm³/mol. The smallest absolute Gasteiger partial charge is 0.195 e. The highest BCUT2D eigenvalue weighted by molar-refractivity contribution is 6.35. The Balaban J connectivity index is 0. The normalized spacial score (nSPS) is 11.0. The van der Waals surface area contributed by atoms with Gasteiger partial charge in [0, 0.05) is 26.4 Å². The van der Waals surface area contributed by atoms with E-state index in [9.17, 15) is 9.59 Å². The van der Waals surface area contributed by atoms with Crippen molar-refractivity contribution in [3.8, 4) is 0 Å². The van der Waals surface area contributed by atoms with Crippen LogP contribution in [0.2, 0.25) is 0 Å². The molecule has 1 unspecified atom stereocenters. The molecule has 0 saturated carbocycles. The lowest BCUT2D eigenvalue weighted by atomic mass is 10.3. The summed E-state index contributed by atoms with van der Waals surface area (Å²) in [6.07, 6.45) is 0. The number of rotatable bonds is 2. The first-order valence-electron chi connectivity index (χ1n) is 3.39. The fourth-order valence-electron chi connectivity index (χ4n) is 0. The summed E-state index contributed by atoms with van der Waals surface area (Å²) in [5.74, 6) is -0.759. The number of carbonyl (C=O) groups is 2. The molecule has 0 aliphatic heterocycles. The van der Waals surface area contributed by atoms with Crippen molar-refractivity contribution in [2.45, 2.75) is 26.8 Å². The molecule has 0 aliphatic rings. The van der Waals surface area contributed by atoms with E-state index in [1.165, 1.54) is 13.8 Å². The topological polar surface area (TPSA) is 86.2 Å². The summed E-state index contributed by atoms with van der Waals surface area (Å²) < 4.78 is 0. The maximum atomic E-state index is 9.79. The van der Waals surface area contributed by atoms with Crippen molar-refractivity contribution in [1.82, 2.24) is 0 Å². The Hall–Kier alpha value is -0.740. The Morgan fingerprint density at radius 1 is 1.27 bits per heavy atom. The number of ketones is 2. The molecule has 0 saturated heterocycles. The number of hydrogen-bond acceptors (Lipinski definition) is 4. The van der Waals surface area contributed by atoms with Gasteiger partial charge in [0.2, 0.25) is 0 Å². The highest BCUT2D eigenvalue weighted by Gasteiger charge is 1.94. The van der Waals surface area contributed by atoms with Crippen LogP contribution >= 0.6 is 0 Å². The van der Waals surface area contributed by atoms with Crippen LogP contribution in [0.1, 0.15) is 20.8 Å². The number of nitrogens with two attached hydrogens (primary N) is 2. The van der Waals surface area contributed by atoms with Gasteiger partial charge in [-0.3, -0.25) is 9.59 Å². The van der Waals surface area contributed by atoms with Crippen molar-refractivity contribution >= 4 is 11.6 Å². The van der Waals surface area contributed by atoms with Crippen LogP contribution in [0.5, 0.6) is 0 Å². The first-order valence-corrected chi connectivity index (χ1v) is 3.39. The van der Waals surface area contributed by atoms with Gasteiger partial charge in [0.1, 0.15) is 0 Å². The Kier molecular flexibility index (Phi) is 8.64. The fourth-order valence-corrected chi connectivity index (χ4v) is 0. The van der Waals surface area contributed by atoms with Gasteiger partial charge >= 0.3 is 0 Å². The molecule has 4 heteroatoms. The van der Waals surface area contributed by atoms with Crippen molar-refractivity contribution in [2.75, 3.05) is 6.54 Å². The van der Waals surface area contributed by atoms with E-state index in [0.29, 0.717) is 6.54 Å². The van der Waals surface area contributed by atoms with E-state index < -0.39 is 0 Å². The highest BCUT2D eigenvalue weighted by Crippen LogP contribution is 1.66. The van der Waals surface area contributed by atoms with E-state index in [0.717, 1.165) is 0 Å². The van der Waals surface area contributed by atoms with Crippen molar-refractivity contribution < 1.29 is 9.59 Å². The summed E-state index contributed by atoms with van der Waals surface area (Å²) in [4.78, 5) is 19.6. The molecule has 4 nitrogen and oxygen atoms in total. The molecule has 4 N–H and O–H groups in total. The number of Topliss-reactive ketones (excluding diaryl/α,β-unsaturated/α-hetero) is 2. The molecule has 11 heavy (non-hydrogen) atoms. The Morgan fingerprint density at radius 3 is 1.45 bits per heavy atom. The van der Waals surface area contributed by atoms with Crippen molar-refractivity contribution in [1.29, 1.82) is 0 Å². The quantitative estimate of drug-likeness (QED) is 0.531. The van der Waals surface area contributed by atoms with E-state index in [2.05, 4.69) is 0 Å². The molecule has 0 aromatic carbocycles. The van der Waals surface area contributed by atoms with E-state index in [1.807, 2.05) is 6.92 Å². The first kappa shape index (κ1) is 12.9. The second-order valence-corrected chi connectivity index (χ2v) is 2.33. The van der Waals surface area contributed by atoms with Crippen LogP contribution in [0, 0.1) is 0 Å². The van der Waals surface area contributed by atoms with Gasteiger partial charge in [-0.25, -0.2) is 0 Å². The Bertz CT molecular complexity index is 120. The number of carbonyl (C=O) groups excluding carboxylic acids is 2. The van der Waals surface area contributed by atoms with Crippen molar-refractivity contribution in [2.24, 2.45) is 11.5 Å². The van der Waals surface area contributed by atoms with Crippen LogP contribution in [-0.4, -0.2) is 24.2 Å². The third-order valence-electron chi connectivity index (χ3n) is 0.868. The molecule has 0 radical (unpaired) electrons. The van der Waals surface area contributed by atoms with Crippen LogP contribution in [0.15, 0.2) is 0 Å². The first-order chi connectivity index (χ1) is 4.91. The molecule has 0 rings (SSSR count). The minimum absolute atomic E-state index is 0.162. The van der Waals surface area contributed by atoms with Gasteiger partial charge < -0.3 is 11.5 Å². The summed E-state index contributed by atoms with van der Waals surface area (Å²) >= 11 is 0. The fraction of sp³-hybridized carbons (Fsp3) is 0.714. The zero-order chi connectivity index (χ0) is 9.44. The Labute approximate surface area is 66.9 Å². The summed E-state index contributed by atoms with van der Waals surface area (Å²) in [6.45, 7) is 4.96. The van der Waals surface area contributed by atoms with Gasteiger partial charge in [-0.1, -0.05) is 0 Å². The molecule has 0 aliphatic carbocycles. The van der Waals surface area contributed by atoms with Crippen LogP contribution in [-0.2, 0) is 9.59 Å². The monoisotopic (exact) mass is 160 g/mol. The van der Waals surface area contributed by atoms with Gasteiger partial charge in [0.25, 0.3) is 0 Å². The zero-order valence-corrected chi connectivity index (χ0v) is 7.26. The minimum Gasteiger partial charge on any atom is -0.329 e. The third kappa shape index (κ3) is 17.6. The van der Waals surface area contributed by atoms with E-state index >= 15 is 0 Å². The van der Waals surface area contributed by atoms with Gasteiger partial charge in [-0.15, -0.1) is 0 Å². The van der Waals surface area contributed by atoms with Crippen LogP contribution < -0.4 is 11.5 Å². The summed E-state index contributed by atoms with van der Waals surface area (Å²) in [6, 6.07) is 0.162. The largest absolute Gasteiger partial charge is 0.329 e. The van der Waals surface area contributed by atoms with Gasteiger partial charge in [-0.2, -0.15) is 0 Å². The molecular formula is C7H16N2O2. The molecule has 66 valence electrons. The molecule has 1 atom stereocenters. The summed E-state index contributed by atoms with van der Waals surface area (Å²) in [7, 11) is 0. The maximum absolute atomic E-state index is 9.79. The molecular weight excluding hydrogens is 144 g/mol. The molecule has 0 fully saturated rings. The minimum atomic E-state index is -0.380. The summed E-state index contributed by atoms with van der Waals surface area (Å²) in [5.41, 5.74) is 10.2. The number of hydrogen-bond donors (Lipinski definition) is 2. The molecule has 0 amide bonds. The van der Waals surface area contributed by atoms with Gasteiger partial charge in [-0.05, 0) is 6.92 Å². The van der Waals surface area contributed by atoms with Crippen LogP contribution in [0.3, 0.4) is 0 Å². The van der Waals surface area contributed by atoms with Crippen molar-refractivity contribution in [3.63, 3.8) is 0 Å². The van der Waals surface area contributed by atoms with Gasteiger partial charge in [0.05, 0.1) is 0 Å². The van der Waals surface area contributed by atoms with E-state index in [-0.39, 0.29) is 17.6 Å². The Morgan fingerprint density at radius 2 is 1.45 bits per heavy atom. The lowest BCUT2D eigenvalue weighted by molar-refractivity contribution is -0.134. The second kappa shape index (κ2) is 7.37. The lowest BCUT2D eigenvalue weighted by Crippen LogP contribution is -2.25. The molecule has 0 heterocycles. The van der Waals surface area contributed by atoms with Gasteiger partial charge in [0.15, 0.2) is 11.6 Å². The highest BCUT2D eigenvalue weighted by atomic mass is 16.2. The zero-order valence-electron chi connectivity index (χ0n) is 7.26. The van der Waals surface area contributed by atoms with Crippen LogP contribution in [0.25, 0.3) is 0 Å². The molecule has 0 spiro atoms. The lowest BCUT2D eigenvalue weighted by Gasteiger charge is -1.92. The SMILES string of the molecule is CC(=O)C(C)=O.CC(N)CN. The van der Waals surface area contributed by atoms with E-state index in [4.69, 9.17) is 11.5 Å². The maximum Gasteiger partial charge on any atom is 0.195 e. The predicted octanol–water partition coefficient (Wildman–Crippen LogP) is -0.543. The van der Waals surface area contributed by atoms with E-state index in [1.54, 1.807) is 0 Å². The average Bonchev–Trinajstić information content (AvgIpc) is 1.89. The summed E-state index contributed by atoms with van der Waals surface area (Å²) in [5, 5.41) is 0. The van der Waals surface area contributed by atoms with Crippen molar-refractivity contribution in [3.05, 3.63) is 0 Å².